The Kier molecular flexibility index (Phi) is 43.8. The van der Waals surface area contributed by atoms with E-state index in [0.717, 1.165) is 89.9 Å². The fourth-order valence-electron chi connectivity index (χ4n) is 5.33. The van der Waals surface area contributed by atoms with Crippen molar-refractivity contribution < 1.29 is 28.6 Å². The third kappa shape index (κ3) is 46.0. The molecule has 1 unspecified atom stereocenters. The Bertz CT molecular complexity index is 1470. The SMILES string of the molecule is CC\C=C/C=C\C=C/C=C\C=C\C=C/C=C\CCCCCC(=O)OCC(COC(=O)CCCC/C=C\C/C=C\C/C=C\CC)OC(=O)CCCC/C=C\C/C=C\C/C=C\CC. The molecule has 0 fully saturated rings. The van der Waals surface area contributed by atoms with Gasteiger partial charge < -0.3 is 14.2 Å². The summed E-state index contributed by atoms with van der Waals surface area (Å²) in [6, 6.07) is 0. The molecule has 0 saturated carbocycles. The highest BCUT2D eigenvalue weighted by molar-refractivity contribution is 5.71. The minimum Gasteiger partial charge on any atom is -0.462 e. The normalized spacial score (nSPS) is 13.6. The number of hydrogen-bond acceptors (Lipinski definition) is 6. The lowest BCUT2D eigenvalue weighted by atomic mass is 10.1. The Hall–Kier alpha value is -4.97. The Morgan fingerprint density at radius 2 is 0.672 bits per heavy atom. The van der Waals surface area contributed by atoms with Crippen molar-refractivity contribution in [3.05, 3.63) is 158 Å². The van der Waals surface area contributed by atoms with Crippen molar-refractivity contribution in [3.63, 3.8) is 0 Å². The standard InChI is InChI=1S/C55H80O6/c1-4-7-10-13-16-19-22-25-26-27-28-29-30-31-34-36-39-42-45-48-54(57)60-51-52(61-55(58)49-46-43-40-37-33-24-21-18-15-12-9-6-3)50-59-53(56)47-44-41-38-35-32-23-20-17-14-11-8-5-2/h7-13,16-22,25-35,37,52H,4-6,14-15,23-24,36,38-51H2,1-3H3/b10-7-,11-8-,12-9-,16-13-,20-17-,21-18-,22-19-,26-25-,28-27+,30-29-,34-31-,35-32-,37-33-. The first kappa shape index (κ1) is 56.0. The van der Waals surface area contributed by atoms with Gasteiger partial charge in [-0.3, -0.25) is 14.4 Å². The maximum atomic E-state index is 12.7. The van der Waals surface area contributed by atoms with Gasteiger partial charge in [0.2, 0.25) is 0 Å². The average molecular weight is 837 g/mol. The van der Waals surface area contributed by atoms with Crippen LogP contribution in [0.2, 0.25) is 0 Å². The van der Waals surface area contributed by atoms with E-state index in [0.29, 0.717) is 19.3 Å². The number of esters is 3. The predicted octanol–water partition coefficient (Wildman–Crippen LogP) is 15.1. The molecule has 0 spiro atoms. The van der Waals surface area contributed by atoms with Crippen molar-refractivity contribution >= 4 is 17.9 Å². The highest BCUT2D eigenvalue weighted by atomic mass is 16.6. The third-order valence-corrected chi connectivity index (χ3v) is 8.70. The van der Waals surface area contributed by atoms with Crippen LogP contribution in [0.3, 0.4) is 0 Å². The second kappa shape index (κ2) is 47.7. The van der Waals surface area contributed by atoms with Gasteiger partial charge in [0.15, 0.2) is 6.10 Å². The van der Waals surface area contributed by atoms with Crippen molar-refractivity contribution in [1.29, 1.82) is 0 Å². The van der Waals surface area contributed by atoms with Gasteiger partial charge in [-0.1, -0.05) is 185 Å². The molecule has 0 rings (SSSR count). The van der Waals surface area contributed by atoms with Crippen LogP contribution >= 0.6 is 0 Å². The molecule has 0 heterocycles. The van der Waals surface area contributed by atoms with Crippen LogP contribution in [-0.4, -0.2) is 37.2 Å². The monoisotopic (exact) mass is 837 g/mol. The van der Waals surface area contributed by atoms with Crippen molar-refractivity contribution in [3.8, 4) is 0 Å². The summed E-state index contributed by atoms with van der Waals surface area (Å²) in [6.45, 7) is 6.10. The second-order valence-electron chi connectivity index (χ2n) is 14.3. The van der Waals surface area contributed by atoms with Crippen LogP contribution in [0.4, 0.5) is 0 Å². The lowest BCUT2D eigenvalue weighted by molar-refractivity contribution is -0.167. The molecule has 61 heavy (non-hydrogen) atoms. The zero-order chi connectivity index (χ0) is 44.4. The fourth-order valence-corrected chi connectivity index (χ4v) is 5.33. The van der Waals surface area contributed by atoms with E-state index in [1.54, 1.807) is 0 Å². The van der Waals surface area contributed by atoms with E-state index in [2.05, 4.69) is 106 Å². The van der Waals surface area contributed by atoms with Gasteiger partial charge in [0.1, 0.15) is 13.2 Å². The number of allylic oxidation sites excluding steroid dienone is 26. The van der Waals surface area contributed by atoms with Gasteiger partial charge in [-0.2, -0.15) is 0 Å². The van der Waals surface area contributed by atoms with E-state index in [4.69, 9.17) is 14.2 Å². The summed E-state index contributed by atoms with van der Waals surface area (Å²) in [4.78, 5) is 37.8. The van der Waals surface area contributed by atoms with Crippen molar-refractivity contribution in [2.75, 3.05) is 13.2 Å². The Balaban J connectivity index is 4.62. The van der Waals surface area contributed by atoms with E-state index in [9.17, 15) is 14.4 Å². The Morgan fingerprint density at radius 3 is 1.11 bits per heavy atom. The fraction of sp³-hybridized carbons (Fsp3) is 0.473. The number of ether oxygens (including phenoxy) is 3. The van der Waals surface area contributed by atoms with Crippen LogP contribution in [0.15, 0.2) is 158 Å². The van der Waals surface area contributed by atoms with E-state index >= 15 is 0 Å². The maximum Gasteiger partial charge on any atom is 0.306 e. The van der Waals surface area contributed by atoms with Crippen molar-refractivity contribution in [2.45, 2.75) is 155 Å². The molecule has 0 aromatic rings. The summed E-state index contributed by atoms with van der Waals surface area (Å²) in [5.74, 6) is -1.08. The molecule has 0 aromatic carbocycles. The average Bonchev–Trinajstić information content (AvgIpc) is 3.26. The molecule has 0 aliphatic carbocycles. The van der Waals surface area contributed by atoms with Gasteiger partial charge >= 0.3 is 17.9 Å². The smallest absolute Gasteiger partial charge is 0.306 e. The molecule has 6 heteroatoms. The van der Waals surface area contributed by atoms with E-state index in [-0.39, 0.29) is 50.4 Å². The van der Waals surface area contributed by atoms with Crippen LogP contribution in [0, 0.1) is 0 Å². The number of carbonyl (C=O) groups excluding carboxylic acids is 3. The van der Waals surface area contributed by atoms with Crippen LogP contribution in [-0.2, 0) is 28.6 Å². The molecule has 0 aromatic heterocycles. The summed E-state index contributed by atoms with van der Waals surface area (Å²) in [7, 11) is 0. The first-order valence-corrected chi connectivity index (χ1v) is 23.1. The number of hydrogen-bond donors (Lipinski definition) is 0. The van der Waals surface area contributed by atoms with Crippen LogP contribution in [0.1, 0.15) is 149 Å². The van der Waals surface area contributed by atoms with E-state index < -0.39 is 6.10 Å². The molecule has 0 saturated heterocycles. The van der Waals surface area contributed by atoms with Gasteiger partial charge in [-0.15, -0.1) is 0 Å². The van der Waals surface area contributed by atoms with Gasteiger partial charge in [0.05, 0.1) is 0 Å². The van der Waals surface area contributed by atoms with E-state index in [1.807, 2.05) is 72.9 Å². The molecular formula is C55H80O6. The minimum absolute atomic E-state index is 0.137. The zero-order valence-corrected chi connectivity index (χ0v) is 38.1. The summed E-state index contributed by atoms with van der Waals surface area (Å²) in [5.41, 5.74) is 0. The number of rotatable bonds is 38. The topological polar surface area (TPSA) is 78.9 Å². The molecule has 0 amide bonds. The van der Waals surface area contributed by atoms with Gasteiger partial charge in [0, 0.05) is 19.3 Å². The highest BCUT2D eigenvalue weighted by Gasteiger charge is 2.19. The molecular weight excluding hydrogens is 757 g/mol. The largest absolute Gasteiger partial charge is 0.462 e. The lowest BCUT2D eigenvalue weighted by Crippen LogP contribution is -2.30. The number of carbonyl (C=O) groups is 3. The molecule has 0 aliphatic heterocycles. The van der Waals surface area contributed by atoms with Gasteiger partial charge in [0.25, 0.3) is 0 Å². The Labute approximate surface area is 371 Å². The van der Waals surface area contributed by atoms with Crippen LogP contribution in [0.5, 0.6) is 0 Å². The number of unbranched alkanes of at least 4 members (excludes halogenated alkanes) is 7. The quantitative estimate of drug-likeness (QED) is 0.0203. The predicted molar refractivity (Wildman–Crippen MR) is 260 cm³/mol. The maximum absolute atomic E-state index is 12.7. The molecule has 0 aliphatic rings. The van der Waals surface area contributed by atoms with E-state index in [1.165, 1.54) is 0 Å². The minimum atomic E-state index is -0.839. The molecule has 336 valence electrons. The molecule has 0 N–H and O–H groups in total. The second-order valence-corrected chi connectivity index (χ2v) is 14.3. The van der Waals surface area contributed by atoms with Crippen molar-refractivity contribution in [1.82, 2.24) is 0 Å². The zero-order valence-electron chi connectivity index (χ0n) is 38.1. The third-order valence-electron chi connectivity index (χ3n) is 8.70. The Morgan fingerprint density at radius 1 is 0.344 bits per heavy atom. The highest BCUT2D eigenvalue weighted by Crippen LogP contribution is 2.10. The van der Waals surface area contributed by atoms with Crippen LogP contribution in [0.25, 0.3) is 0 Å². The summed E-state index contributed by atoms with van der Waals surface area (Å²) < 4.78 is 16.6. The molecule has 6 nitrogen and oxygen atoms in total. The van der Waals surface area contributed by atoms with Crippen molar-refractivity contribution in [2.24, 2.45) is 0 Å². The molecule has 1 atom stereocenters. The molecule has 0 bridgehead atoms. The summed E-state index contributed by atoms with van der Waals surface area (Å²) >= 11 is 0. The van der Waals surface area contributed by atoms with Crippen LogP contribution < -0.4 is 0 Å². The molecule has 0 radical (unpaired) electrons. The summed E-state index contributed by atoms with van der Waals surface area (Å²) in [5, 5.41) is 0. The first-order chi connectivity index (χ1) is 30.0. The summed E-state index contributed by atoms with van der Waals surface area (Å²) in [6.07, 6.45) is 69.4. The first-order valence-electron chi connectivity index (χ1n) is 23.1. The van der Waals surface area contributed by atoms with Gasteiger partial charge in [-0.05, 0) is 103 Å². The van der Waals surface area contributed by atoms with Gasteiger partial charge in [-0.25, -0.2) is 0 Å². The lowest BCUT2D eigenvalue weighted by Gasteiger charge is -2.18.